The van der Waals surface area contributed by atoms with Gasteiger partial charge in [0.05, 0.1) is 12.7 Å². The molecule has 7 nitrogen and oxygen atoms in total. The Morgan fingerprint density at radius 2 is 1.93 bits per heavy atom. The Morgan fingerprint density at radius 3 is 2.48 bits per heavy atom. The number of methoxy groups -OCH3 is 1. The van der Waals surface area contributed by atoms with Gasteiger partial charge in [0.15, 0.2) is 0 Å². The van der Waals surface area contributed by atoms with Crippen LogP contribution in [0, 0.1) is 6.92 Å². The first kappa shape index (κ1) is 22.2. The third-order valence-electron chi connectivity index (χ3n) is 4.70. The van der Waals surface area contributed by atoms with Crippen molar-refractivity contribution in [3.63, 3.8) is 0 Å². The van der Waals surface area contributed by atoms with Crippen LogP contribution in [0.25, 0.3) is 0 Å². The zero-order valence-corrected chi connectivity index (χ0v) is 17.8. The molecule has 7 heteroatoms. The summed E-state index contributed by atoms with van der Waals surface area (Å²) in [5.74, 6) is 0.229. The maximum absolute atomic E-state index is 12.7. The summed E-state index contributed by atoms with van der Waals surface area (Å²) in [5, 5.41) is 2.67. The molecule has 1 N–H and O–H groups in total. The Balaban J connectivity index is 2.34. The molecule has 29 heavy (non-hydrogen) atoms. The second kappa shape index (κ2) is 9.41. The van der Waals surface area contributed by atoms with Gasteiger partial charge in [0.25, 0.3) is 11.8 Å². The highest BCUT2D eigenvalue weighted by molar-refractivity contribution is 6.06. The van der Waals surface area contributed by atoms with Gasteiger partial charge < -0.3 is 19.4 Å². The van der Waals surface area contributed by atoms with Crippen molar-refractivity contribution in [2.75, 3.05) is 26.5 Å². The van der Waals surface area contributed by atoms with Crippen molar-refractivity contribution in [1.29, 1.82) is 0 Å². The van der Waals surface area contributed by atoms with Crippen LogP contribution < -0.4 is 15.7 Å². The lowest BCUT2D eigenvalue weighted by molar-refractivity contribution is 0.0824. The summed E-state index contributed by atoms with van der Waals surface area (Å²) in [6.45, 7) is 5.76. The summed E-state index contributed by atoms with van der Waals surface area (Å²) in [6.07, 6.45) is 1.86. The fourth-order valence-corrected chi connectivity index (χ4v) is 3.11. The lowest BCUT2D eigenvalue weighted by Crippen LogP contribution is -2.24. The van der Waals surface area contributed by atoms with E-state index in [-0.39, 0.29) is 17.4 Å². The van der Waals surface area contributed by atoms with Crippen LogP contribution in [-0.4, -0.2) is 37.9 Å². The molecule has 2 aromatic rings. The largest absolute Gasteiger partial charge is 0.496 e. The monoisotopic (exact) mass is 400 g/mol. The minimum Gasteiger partial charge on any atom is -0.496 e. The molecular formula is C22H28N2O5. The first-order valence-electron chi connectivity index (χ1n) is 9.55. The summed E-state index contributed by atoms with van der Waals surface area (Å²) in [6, 6.07) is 6.47. The maximum Gasteiger partial charge on any atom is 0.349 e. The standard InChI is InChI=1S/C22H28N2O5/c1-7-8-13(2)18-11-14(3)19(22(27)29-18)20(25)23-15-9-10-17(28-6)16(12-15)21(26)24(4)5/h9-13H,7-8H2,1-6H3,(H,23,25). The first-order chi connectivity index (χ1) is 13.7. The van der Waals surface area contributed by atoms with Gasteiger partial charge in [-0.15, -0.1) is 0 Å². The first-order valence-corrected chi connectivity index (χ1v) is 9.55. The molecule has 0 aliphatic rings. The third-order valence-corrected chi connectivity index (χ3v) is 4.70. The average Bonchev–Trinajstić information content (AvgIpc) is 2.66. The minimum atomic E-state index is -0.668. The van der Waals surface area contributed by atoms with Crippen LogP contribution >= 0.6 is 0 Å². The van der Waals surface area contributed by atoms with E-state index in [1.807, 2.05) is 6.92 Å². The molecule has 1 aromatic heterocycles. The molecular weight excluding hydrogens is 372 g/mol. The van der Waals surface area contributed by atoms with Crippen LogP contribution in [0.3, 0.4) is 0 Å². The van der Waals surface area contributed by atoms with E-state index in [0.717, 1.165) is 12.8 Å². The maximum atomic E-state index is 12.7. The highest BCUT2D eigenvalue weighted by Gasteiger charge is 2.20. The average molecular weight is 400 g/mol. The van der Waals surface area contributed by atoms with Gasteiger partial charge in [0.2, 0.25) is 0 Å². The van der Waals surface area contributed by atoms with E-state index in [4.69, 9.17) is 9.15 Å². The van der Waals surface area contributed by atoms with Crippen molar-refractivity contribution < 1.29 is 18.7 Å². The number of benzene rings is 1. The van der Waals surface area contributed by atoms with E-state index in [1.165, 1.54) is 18.1 Å². The van der Waals surface area contributed by atoms with Crippen molar-refractivity contribution in [2.45, 2.75) is 39.5 Å². The van der Waals surface area contributed by atoms with Gasteiger partial charge in [0, 0.05) is 25.7 Å². The van der Waals surface area contributed by atoms with Crippen molar-refractivity contribution in [1.82, 2.24) is 4.90 Å². The molecule has 0 spiro atoms. The second-order valence-corrected chi connectivity index (χ2v) is 7.25. The van der Waals surface area contributed by atoms with Crippen LogP contribution in [0.1, 0.15) is 64.6 Å². The molecule has 0 radical (unpaired) electrons. The number of nitrogens with zero attached hydrogens (tertiary/aromatic N) is 1. The van der Waals surface area contributed by atoms with Crippen molar-refractivity contribution in [3.8, 4) is 5.75 Å². The summed E-state index contributed by atoms with van der Waals surface area (Å²) in [4.78, 5) is 39.0. The topological polar surface area (TPSA) is 88.9 Å². The number of hydrogen-bond donors (Lipinski definition) is 1. The molecule has 2 rings (SSSR count). The van der Waals surface area contributed by atoms with E-state index in [1.54, 1.807) is 39.2 Å². The number of hydrogen-bond acceptors (Lipinski definition) is 5. The molecule has 0 saturated carbocycles. The van der Waals surface area contributed by atoms with Gasteiger partial charge in [-0.1, -0.05) is 20.3 Å². The predicted molar refractivity (Wildman–Crippen MR) is 112 cm³/mol. The number of carbonyl (C=O) groups excluding carboxylic acids is 2. The zero-order chi connectivity index (χ0) is 21.7. The Hall–Kier alpha value is -3.09. The normalized spacial score (nSPS) is 11.7. The highest BCUT2D eigenvalue weighted by atomic mass is 16.5. The molecule has 1 unspecified atom stereocenters. The number of carbonyl (C=O) groups is 2. The van der Waals surface area contributed by atoms with Gasteiger partial charge in [0.1, 0.15) is 17.1 Å². The van der Waals surface area contributed by atoms with Crippen molar-refractivity contribution in [2.24, 2.45) is 0 Å². The number of nitrogens with one attached hydrogen (secondary N) is 1. The van der Waals surface area contributed by atoms with Gasteiger partial charge in [-0.25, -0.2) is 4.79 Å². The molecule has 0 fully saturated rings. The van der Waals surface area contributed by atoms with Crippen LogP contribution in [0.2, 0.25) is 0 Å². The molecule has 1 aromatic carbocycles. The van der Waals surface area contributed by atoms with E-state index in [2.05, 4.69) is 12.2 Å². The number of ether oxygens (including phenoxy) is 1. The lowest BCUT2D eigenvalue weighted by atomic mass is 10.0. The molecule has 156 valence electrons. The van der Waals surface area contributed by atoms with Crippen molar-refractivity contribution in [3.05, 3.63) is 57.1 Å². The van der Waals surface area contributed by atoms with Crippen LogP contribution in [0.5, 0.6) is 5.75 Å². The Kier molecular flexibility index (Phi) is 7.20. The quantitative estimate of drug-likeness (QED) is 0.763. The molecule has 1 heterocycles. The fraction of sp³-hybridized carbons (Fsp3) is 0.409. The van der Waals surface area contributed by atoms with Gasteiger partial charge in [-0.2, -0.15) is 0 Å². The van der Waals surface area contributed by atoms with Crippen LogP contribution in [0.4, 0.5) is 5.69 Å². The van der Waals surface area contributed by atoms with Gasteiger partial charge >= 0.3 is 5.63 Å². The fourth-order valence-electron chi connectivity index (χ4n) is 3.11. The van der Waals surface area contributed by atoms with Crippen LogP contribution in [0.15, 0.2) is 33.5 Å². The van der Waals surface area contributed by atoms with E-state index >= 15 is 0 Å². The molecule has 2 amide bonds. The lowest BCUT2D eigenvalue weighted by Gasteiger charge is -2.15. The number of anilines is 1. The SMILES string of the molecule is CCCC(C)c1cc(C)c(C(=O)Nc2ccc(OC)c(C(=O)N(C)C)c2)c(=O)o1. The number of rotatable bonds is 7. The number of aryl methyl sites for hydroxylation is 1. The molecule has 0 bridgehead atoms. The van der Waals surface area contributed by atoms with E-state index in [9.17, 15) is 14.4 Å². The van der Waals surface area contributed by atoms with Gasteiger partial charge in [-0.05, 0) is 43.2 Å². The summed E-state index contributed by atoms with van der Waals surface area (Å²) < 4.78 is 10.6. The van der Waals surface area contributed by atoms with E-state index < -0.39 is 11.5 Å². The summed E-state index contributed by atoms with van der Waals surface area (Å²) >= 11 is 0. The summed E-state index contributed by atoms with van der Waals surface area (Å²) in [5.41, 5.74) is 0.521. The smallest absolute Gasteiger partial charge is 0.349 e. The Labute approximate surface area is 170 Å². The molecule has 0 saturated heterocycles. The van der Waals surface area contributed by atoms with Gasteiger partial charge in [-0.3, -0.25) is 9.59 Å². The number of amides is 2. The molecule has 0 aliphatic carbocycles. The minimum absolute atomic E-state index is 0.0475. The molecule has 1 atom stereocenters. The highest BCUT2D eigenvalue weighted by Crippen LogP contribution is 2.25. The van der Waals surface area contributed by atoms with Crippen molar-refractivity contribution >= 4 is 17.5 Å². The second-order valence-electron chi connectivity index (χ2n) is 7.25. The Morgan fingerprint density at radius 1 is 1.24 bits per heavy atom. The Bertz CT molecular complexity index is 962. The third kappa shape index (κ3) is 5.04. The van der Waals surface area contributed by atoms with Crippen LogP contribution in [-0.2, 0) is 0 Å². The van der Waals surface area contributed by atoms with E-state index in [0.29, 0.717) is 28.3 Å². The molecule has 0 aliphatic heterocycles. The zero-order valence-electron chi connectivity index (χ0n) is 17.8. The summed E-state index contributed by atoms with van der Waals surface area (Å²) in [7, 11) is 4.72. The predicted octanol–water partition coefficient (Wildman–Crippen LogP) is 3.81.